The summed E-state index contributed by atoms with van der Waals surface area (Å²) in [4.78, 5) is 25.3. The topological polar surface area (TPSA) is 49.4 Å². The number of carbonyl (C=O) groups excluding carboxylic acids is 2. The molecule has 0 saturated carbocycles. The molecular formula is C13H22N2O2. The van der Waals surface area contributed by atoms with Crippen LogP contribution in [0.4, 0.5) is 0 Å². The van der Waals surface area contributed by atoms with Crippen LogP contribution in [-0.4, -0.2) is 35.8 Å². The molecule has 4 nitrogen and oxygen atoms in total. The summed E-state index contributed by atoms with van der Waals surface area (Å²) in [6.07, 6.45) is 4.27. The van der Waals surface area contributed by atoms with Crippen LogP contribution in [0.3, 0.4) is 0 Å². The van der Waals surface area contributed by atoms with Gasteiger partial charge in [0.25, 0.3) is 0 Å². The lowest BCUT2D eigenvalue weighted by molar-refractivity contribution is -0.152. The minimum absolute atomic E-state index is 0.00393. The number of nitrogens with zero attached hydrogens (tertiary/aromatic N) is 1. The Balaban J connectivity index is 1.87. The van der Waals surface area contributed by atoms with Crippen LogP contribution in [0.5, 0.6) is 0 Å². The van der Waals surface area contributed by atoms with E-state index in [1.165, 1.54) is 17.7 Å². The molecule has 0 aliphatic carbocycles. The summed E-state index contributed by atoms with van der Waals surface area (Å²) in [6, 6.07) is 0.491. The molecule has 0 aromatic carbocycles. The maximum Gasteiger partial charge on any atom is 0.229 e. The molecule has 2 rings (SSSR count). The first kappa shape index (κ1) is 12.6. The Morgan fingerprint density at radius 2 is 1.94 bits per heavy atom. The number of likely N-dealkylation sites (tertiary alicyclic amines) is 1. The number of carbonyl (C=O) groups is 2. The molecule has 2 aliphatic heterocycles. The van der Waals surface area contributed by atoms with E-state index in [1.807, 2.05) is 13.8 Å². The molecule has 2 aliphatic rings. The molecule has 2 saturated heterocycles. The van der Waals surface area contributed by atoms with Crippen LogP contribution in [0.15, 0.2) is 0 Å². The van der Waals surface area contributed by atoms with Crippen molar-refractivity contribution in [2.45, 2.75) is 52.0 Å². The Bertz CT molecular complexity index is 299. The molecule has 0 bridgehead atoms. The quantitative estimate of drug-likeness (QED) is 0.754. The molecule has 0 spiro atoms. The summed E-state index contributed by atoms with van der Waals surface area (Å²) >= 11 is 0. The molecule has 0 aromatic heterocycles. The van der Waals surface area contributed by atoms with E-state index >= 15 is 0 Å². The second kappa shape index (κ2) is 4.77. The highest BCUT2D eigenvalue weighted by molar-refractivity contribution is 5.98. The van der Waals surface area contributed by atoms with Crippen LogP contribution in [-0.2, 0) is 9.59 Å². The van der Waals surface area contributed by atoms with E-state index in [9.17, 15) is 9.59 Å². The van der Waals surface area contributed by atoms with E-state index in [1.54, 1.807) is 0 Å². The normalized spacial score (nSPS) is 28.8. The van der Waals surface area contributed by atoms with Crippen molar-refractivity contribution < 1.29 is 9.59 Å². The fourth-order valence-corrected chi connectivity index (χ4v) is 2.75. The summed E-state index contributed by atoms with van der Waals surface area (Å²) in [7, 11) is 0. The number of hydrogen-bond acceptors (Lipinski definition) is 3. The van der Waals surface area contributed by atoms with Gasteiger partial charge in [-0.25, -0.2) is 0 Å². The third-order valence-electron chi connectivity index (χ3n) is 3.73. The van der Waals surface area contributed by atoms with Gasteiger partial charge in [0.05, 0.1) is 0 Å². The highest BCUT2D eigenvalue weighted by Gasteiger charge is 2.37. The molecule has 1 atom stereocenters. The fourth-order valence-electron chi connectivity index (χ4n) is 2.75. The van der Waals surface area contributed by atoms with Crippen molar-refractivity contribution in [2.24, 2.45) is 5.41 Å². The van der Waals surface area contributed by atoms with Crippen LogP contribution >= 0.6 is 0 Å². The van der Waals surface area contributed by atoms with E-state index in [0.717, 1.165) is 13.0 Å². The van der Waals surface area contributed by atoms with Gasteiger partial charge in [0, 0.05) is 25.4 Å². The predicted octanol–water partition coefficient (Wildman–Crippen LogP) is 1.30. The van der Waals surface area contributed by atoms with Crippen molar-refractivity contribution in [3.8, 4) is 0 Å². The summed E-state index contributed by atoms with van der Waals surface area (Å²) in [5.74, 6) is 0.00786. The second-order valence-electron chi connectivity index (χ2n) is 6.04. The molecule has 2 fully saturated rings. The van der Waals surface area contributed by atoms with Gasteiger partial charge in [0.2, 0.25) is 11.8 Å². The highest BCUT2D eigenvalue weighted by atomic mass is 16.2. The Morgan fingerprint density at radius 3 is 2.47 bits per heavy atom. The van der Waals surface area contributed by atoms with Crippen molar-refractivity contribution in [2.75, 3.05) is 13.1 Å². The van der Waals surface area contributed by atoms with Crippen molar-refractivity contribution >= 4 is 11.8 Å². The van der Waals surface area contributed by atoms with Crippen LogP contribution in [0.2, 0.25) is 0 Å². The van der Waals surface area contributed by atoms with Crippen molar-refractivity contribution in [3.05, 3.63) is 0 Å². The third kappa shape index (κ3) is 3.06. The van der Waals surface area contributed by atoms with Crippen molar-refractivity contribution in [3.63, 3.8) is 0 Å². The molecular weight excluding hydrogens is 216 g/mol. The lowest BCUT2D eigenvalue weighted by atomic mass is 9.81. The predicted molar refractivity (Wildman–Crippen MR) is 65.4 cm³/mol. The average Bonchev–Trinajstić information content (AvgIpc) is 2.67. The second-order valence-corrected chi connectivity index (χ2v) is 6.04. The van der Waals surface area contributed by atoms with Crippen LogP contribution in [0.25, 0.3) is 0 Å². The van der Waals surface area contributed by atoms with Crippen molar-refractivity contribution in [1.29, 1.82) is 0 Å². The summed E-state index contributed by atoms with van der Waals surface area (Å²) in [6.45, 7) is 5.63. The smallest absolute Gasteiger partial charge is 0.229 e. The maximum absolute atomic E-state index is 11.9. The van der Waals surface area contributed by atoms with Crippen LogP contribution in [0, 0.1) is 5.41 Å². The molecule has 0 radical (unpaired) electrons. The molecule has 1 N–H and O–H groups in total. The van der Waals surface area contributed by atoms with Gasteiger partial charge >= 0.3 is 0 Å². The molecule has 2 heterocycles. The van der Waals surface area contributed by atoms with Crippen molar-refractivity contribution in [1.82, 2.24) is 10.2 Å². The molecule has 0 aromatic rings. The average molecular weight is 238 g/mol. The SMILES string of the molecule is CC1(C)CC(=O)N(CCC2CCCN2)C(=O)C1. The number of amides is 2. The molecule has 1 unspecified atom stereocenters. The Kier molecular flexibility index (Phi) is 3.52. The number of hydrogen-bond donors (Lipinski definition) is 1. The summed E-state index contributed by atoms with van der Waals surface area (Å²) in [5, 5.41) is 3.39. The number of rotatable bonds is 3. The molecule has 2 amide bonds. The molecule has 17 heavy (non-hydrogen) atoms. The van der Waals surface area contributed by atoms with Gasteiger partial charge in [-0.2, -0.15) is 0 Å². The first-order valence-electron chi connectivity index (χ1n) is 6.54. The van der Waals surface area contributed by atoms with E-state index < -0.39 is 0 Å². The van der Waals surface area contributed by atoms with E-state index in [-0.39, 0.29) is 17.2 Å². The first-order valence-corrected chi connectivity index (χ1v) is 6.54. The Hall–Kier alpha value is -0.900. The van der Waals surface area contributed by atoms with Gasteiger partial charge < -0.3 is 5.32 Å². The van der Waals surface area contributed by atoms with Gasteiger partial charge in [0.1, 0.15) is 0 Å². The first-order chi connectivity index (χ1) is 7.98. The number of nitrogens with one attached hydrogen (secondary N) is 1. The molecule has 96 valence electrons. The van der Waals surface area contributed by atoms with Gasteiger partial charge in [-0.3, -0.25) is 14.5 Å². The largest absolute Gasteiger partial charge is 0.314 e. The van der Waals surface area contributed by atoms with Gasteiger partial charge in [0.15, 0.2) is 0 Å². The lowest BCUT2D eigenvalue weighted by Gasteiger charge is -2.35. The minimum atomic E-state index is -0.156. The van der Waals surface area contributed by atoms with Gasteiger partial charge in [-0.1, -0.05) is 13.8 Å². The number of imide groups is 1. The van der Waals surface area contributed by atoms with Gasteiger partial charge in [-0.15, -0.1) is 0 Å². The lowest BCUT2D eigenvalue weighted by Crippen LogP contribution is -2.47. The Morgan fingerprint density at radius 1 is 1.29 bits per heavy atom. The highest BCUT2D eigenvalue weighted by Crippen LogP contribution is 2.31. The zero-order valence-electron chi connectivity index (χ0n) is 10.8. The number of piperidine rings is 1. The zero-order valence-corrected chi connectivity index (χ0v) is 10.8. The van der Waals surface area contributed by atoms with E-state index in [0.29, 0.717) is 25.4 Å². The van der Waals surface area contributed by atoms with Gasteiger partial charge in [-0.05, 0) is 31.2 Å². The Labute approximate surface area is 103 Å². The summed E-state index contributed by atoms with van der Waals surface area (Å²) in [5.41, 5.74) is -0.156. The third-order valence-corrected chi connectivity index (χ3v) is 3.73. The van der Waals surface area contributed by atoms with Crippen LogP contribution < -0.4 is 5.32 Å². The maximum atomic E-state index is 11.9. The zero-order chi connectivity index (χ0) is 12.5. The molecule has 4 heteroatoms. The summed E-state index contributed by atoms with van der Waals surface area (Å²) < 4.78 is 0. The fraction of sp³-hybridized carbons (Fsp3) is 0.846. The minimum Gasteiger partial charge on any atom is -0.314 e. The van der Waals surface area contributed by atoms with Crippen LogP contribution in [0.1, 0.15) is 46.0 Å². The monoisotopic (exact) mass is 238 g/mol. The standard InChI is InChI=1S/C13H22N2O2/c1-13(2)8-11(16)15(12(17)9-13)7-5-10-4-3-6-14-10/h10,14H,3-9H2,1-2H3. The van der Waals surface area contributed by atoms with E-state index in [2.05, 4.69) is 5.32 Å². The van der Waals surface area contributed by atoms with E-state index in [4.69, 9.17) is 0 Å².